The maximum absolute atomic E-state index is 7.59. The van der Waals surface area contributed by atoms with Gasteiger partial charge in [-0.15, -0.1) is 0 Å². The third-order valence-corrected chi connectivity index (χ3v) is 5.08. The Morgan fingerprint density at radius 1 is 1.04 bits per heavy atom. The summed E-state index contributed by atoms with van der Waals surface area (Å²) in [5.41, 5.74) is 10.9. The van der Waals surface area contributed by atoms with Gasteiger partial charge in [0, 0.05) is 17.7 Å². The molecule has 0 radical (unpaired) electrons. The van der Waals surface area contributed by atoms with Crippen LogP contribution >= 0.6 is 0 Å². The highest BCUT2D eigenvalue weighted by molar-refractivity contribution is 6.02. The van der Waals surface area contributed by atoms with Gasteiger partial charge in [-0.3, -0.25) is 10.4 Å². The average Bonchev–Trinajstić information content (AvgIpc) is 3.44. The first-order valence-electron chi connectivity index (χ1n) is 9.21. The van der Waals surface area contributed by atoms with Gasteiger partial charge in [0.2, 0.25) is 0 Å². The van der Waals surface area contributed by atoms with Crippen LogP contribution < -0.4 is 11.1 Å². The van der Waals surface area contributed by atoms with Crippen molar-refractivity contribution >= 4 is 33.7 Å². The maximum Gasteiger partial charge on any atom is 0.128 e. The highest BCUT2D eigenvalue weighted by Gasteiger charge is 2.18. The summed E-state index contributed by atoms with van der Waals surface area (Å²) in [7, 11) is 0. The number of benzene rings is 2. The highest BCUT2D eigenvalue weighted by Crippen LogP contribution is 2.25. The quantitative estimate of drug-likeness (QED) is 0.277. The van der Waals surface area contributed by atoms with Crippen molar-refractivity contribution in [2.75, 3.05) is 13.1 Å². The smallest absolute Gasteiger partial charge is 0.128 e. The van der Waals surface area contributed by atoms with E-state index in [1.54, 1.807) is 0 Å². The van der Waals surface area contributed by atoms with Crippen molar-refractivity contribution in [2.45, 2.75) is 12.8 Å². The number of aromatic amines is 2. The molecule has 0 saturated carbocycles. The van der Waals surface area contributed by atoms with Crippen molar-refractivity contribution in [1.29, 1.82) is 5.41 Å². The van der Waals surface area contributed by atoms with Crippen LogP contribution in [-0.2, 0) is 0 Å². The van der Waals surface area contributed by atoms with Crippen LogP contribution in [0.2, 0.25) is 0 Å². The molecule has 8 nitrogen and oxygen atoms in total. The highest BCUT2D eigenvalue weighted by atomic mass is 15.1. The van der Waals surface area contributed by atoms with Crippen LogP contribution in [0.1, 0.15) is 35.6 Å². The molecule has 0 fully saturated rings. The van der Waals surface area contributed by atoms with Crippen LogP contribution in [0, 0.1) is 5.41 Å². The summed E-state index contributed by atoms with van der Waals surface area (Å²) in [4.78, 5) is 20.7. The Balaban J connectivity index is 1.50. The Morgan fingerprint density at radius 2 is 1.71 bits per heavy atom. The molecule has 1 atom stereocenters. The predicted octanol–water partition coefficient (Wildman–Crippen LogP) is 2.22. The van der Waals surface area contributed by atoms with E-state index in [0.29, 0.717) is 5.56 Å². The Bertz CT molecular complexity index is 1250. The largest absolute Gasteiger partial charge is 0.384 e. The lowest BCUT2D eigenvalue weighted by Crippen LogP contribution is -2.19. The van der Waals surface area contributed by atoms with E-state index in [0.717, 1.165) is 58.2 Å². The molecule has 1 unspecified atom stereocenters. The van der Waals surface area contributed by atoms with E-state index in [1.807, 2.05) is 24.3 Å². The van der Waals surface area contributed by atoms with Crippen molar-refractivity contribution in [2.24, 2.45) is 10.7 Å². The zero-order valence-corrected chi connectivity index (χ0v) is 15.4. The van der Waals surface area contributed by atoms with Crippen molar-refractivity contribution in [3.63, 3.8) is 0 Å². The molecular formula is C20H20N8. The lowest BCUT2D eigenvalue weighted by Gasteiger charge is -2.03. The van der Waals surface area contributed by atoms with Crippen molar-refractivity contribution in [1.82, 2.24) is 25.3 Å². The van der Waals surface area contributed by atoms with E-state index in [4.69, 9.17) is 16.1 Å². The van der Waals surface area contributed by atoms with E-state index in [9.17, 15) is 0 Å². The van der Waals surface area contributed by atoms with Crippen LogP contribution in [0.25, 0.3) is 22.1 Å². The van der Waals surface area contributed by atoms with Gasteiger partial charge in [0.25, 0.3) is 0 Å². The number of nitrogen functional groups attached to an aromatic ring is 1. The van der Waals surface area contributed by atoms with Crippen LogP contribution in [0.5, 0.6) is 0 Å². The van der Waals surface area contributed by atoms with Gasteiger partial charge in [-0.2, -0.15) is 0 Å². The number of H-pyrrole nitrogens is 2. The molecule has 0 aliphatic carbocycles. The van der Waals surface area contributed by atoms with E-state index in [2.05, 4.69) is 44.3 Å². The molecule has 0 saturated heterocycles. The number of hydrogen-bond acceptors (Lipinski definition) is 5. The Kier molecular flexibility index (Phi) is 3.65. The molecule has 6 N–H and O–H groups in total. The van der Waals surface area contributed by atoms with E-state index < -0.39 is 0 Å². The lowest BCUT2D eigenvalue weighted by molar-refractivity contribution is 0.790. The zero-order valence-electron chi connectivity index (χ0n) is 15.4. The number of amidine groups is 2. The van der Waals surface area contributed by atoms with Gasteiger partial charge >= 0.3 is 0 Å². The SMILES string of the molecule is CC(c1nc2cc(C(=N)N)ccc2[nH]1)c1nc2cc(C3=NCCN3)ccc2[nH]1. The number of imidazole rings is 2. The van der Waals surface area contributed by atoms with E-state index >= 15 is 0 Å². The molecule has 0 amide bonds. The van der Waals surface area contributed by atoms with Crippen molar-refractivity contribution < 1.29 is 0 Å². The molecular weight excluding hydrogens is 352 g/mol. The first-order chi connectivity index (χ1) is 13.6. The summed E-state index contributed by atoms with van der Waals surface area (Å²) in [5.74, 6) is 2.59. The molecule has 0 bridgehead atoms. The van der Waals surface area contributed by atoms with Gasteiger partial charge in [-0.25, -0.2) is 9.97 Å². The maximum atomic E-state index is 7.59. The molecule has 0 spiro atoms. The normalized spacial score (nSPS) is 15.0. The molecule has 2 aromatic heterocycles. The minimum Gasteiger partial charge on any atom is -0.384 e. The van der Waals surface area contributed by atoms with E-state index in [1.165, 1.54) is 0 Å². The summed E-state index contributed by atoms with van der Waals surface area (Å²) in [5, 5.41) is 10.9. The third-order valence-electron chi connectivity index (χ3n) is 5.08. The van der Waals surface area contributed by atoms with Crippen LogP contribution in [0.15, 0.2) is 41.4 Å². The third kappa shape index (κ3) is 2.70. The fourth-order valence-corrected chi connectivity index (χ4v) is 3.50. The summed E-state index contributed by atoms with van der Waals surface area (Å²) in [6, 6.07) is 11.7. The lowest BCUT2D eigenvalue weighted by atomic mass is 10.1. The van der Waals surface area contributed by atoms with Gasteiger partial charge in [-0.1, -0.05) is 0 Å². The summed E-state index contributed by atoms with van der Waals surface area (Å²) >= 11 is 0. The van der Waals surface area contributed by atoms with Gasteiger partial charge in [-0.05, 0) is 43.3 Å². The fourth-order valence-electron chi connectivity index (χ4n) is 3.50. The number of rotatable bonds is 4. The standard InChI is InChI=1S/C20H20N8/c1-10(18-25-13-4-2-11(17(21)22)8-15(13)27-18)19-26-14-5-3-12(9-16(14)28-19)20-23-6-7-24-20/h2-5,8-10H,6-7H2,1H3,(H3,21,22)(H,23,24)(H,25,27)(H,26,28). The topological polar surface area (TPSA) is 132 Å². The predicted molar refractivity (Wildman–Crippen MR) is 110 cm³/mol. The number of nitrogens with two attached hydrogens (primary N) is 1. The second-order valence-corrected chi connectivity index (χ2v) is 7.00. The molecule has 2 aromatic carbocycles. The van der Waals surface area contributed by atoms with Crippen LogP contribution in [-0.4, -0.2) is 44.7 Å². The number of nitrogens with one attached hydrogen (secondary N) is 4. The monoisotopic (exact) mass is 372 g/mol. The van der Waals surface area contributed by atoms with Crippen LogP contribution in [0.4, 0.5) is 0 Å². The zero-order chi connectivity index (χ0) is 19.3. The van der Waals surface area contributed by atoms with Crippen molar-refractivity contribution in [3.8, 4) is 0 Å². The molecule has 1 aliphatic heterocycles. The average molecular weight is 372 g/mol. The van der Waals surface area contributed by atoms with Gasteiger partial charge in [0.1, 0.15) is 23.3 Å². The first-order valence-corrected chi connectivity index (χ1v) is 9.21. The molecule has 4 aromatic rings. The first kappa shape index (κ1) is 16.5. The Hall–Kier alpha value is -3.68. The number of aliphatic imine (C=N–C) groups is 1. The Morgan fingerprint density at radius 3 is 2.36 bits per heavy atom. The minimum absolute atomic E-state index is 0.0361. The minimum atomic E-state index is -0.0361. The molecule has 28 heavy (non-hydrogen) atoms. The second-order valence-electron chi connectivity index (χ2n) is 7.00. The van der Waals surface area contributed by atoms with Gasteiger partial charge in [0.05, 0.1) is 34.5 Å². The fraction of sp³-hybridized carbons (Fsp3) is 0.200. The molecule has 1 aliphatic rings. The van der Waals surface area contributed by atoms with Crippen molar-refractivity contribution in [3.05, 3.63) is 59.2 Å². The van der Waals surface area contributed by atoms with Crippen LogP contribution in [0.3, 0.4) is 0 Å². The molecule has 3 heterocycles. The summed E-state index contributed by atoms with van der Waals surface area (Å²) in [6.07, 6.45) is 0. The van der Waals surface area contributed by atoms with Gasteiger partial charge < -0.3 is 21.0 Å². The number of aromatic nitrogens is 4. The molecule has 5 rings (SSSR count). The summed E-state index contributed by atoms with van der Waals surface area (Å²) in [6.45, 7) is 3.76. The number of fused-ring (bicyclic) bond motifs is 2. The van der Waals surface area contributed by atoms with Gasteiger partial charge in [0.15, 0.2) is 0 Å². The number of nitrogens with zero attached hydrogens (tertiary/aromatic N) is 3. The Labute approximate surface area is 160 Å². The number of hydrogen-bond donors (Lipinski definition) is 5. The molecule has 140 valence electrons. The van der Waals surface area contributed by atoms with E-state index in [-0.39, 0.29) is 11.8 Å². The summed E-state index contributed by atoms with van der Waals surface area (Å²) < 4.78 is 0. The second kappa shape index (κ2) is 6.19. The molecule has 8 heteroatoms.